The molecular formula is C12H14BrNO3. The Hall–Kier alpha value is -1.36. The number of hydrogen-bond acceptors (Lipinski definition) is 2. The summed E-state index contributed by atoms with van der Waals surface area (Å²) in [6, 6.07) is 5.83. The summed E-state index contributed by atoms with van der Waals surface area (Å²) >= 11 is 3.36. The quantitative estimate of drug-likeness (QED) is 0.876. The van der Waals surface area contributed by atoms with E-state index in [4.69, 9.17) is 5.11 Å². The number of aliphatic carboxylic acids is 1. The second kappa shape index (κ2) is 6.39. The molecule has 0 saturated heterocycles. The third-order valence-electron chi connectivity index (χ3n) is 2.35. The van der Waals surface area contributed by atoms with Crippen LogP contribution in [-0.2, 0) is 16.1 Å². The smallest absolute Gasteiger partial charge is 0.303 e. The van der Waals surface area contributed by atoms with Gasteiger partial charge in [-0.2, -0.15) is 0 Å². The molecule has 0 aliphatic carbocycles. The highest BCUT2D eigenvalue weighted by molar-refractivity contribution is 9.10. The van der Waals surface area contributed by atoms with Crippen LogP contribution >= 0.6 is 15.9 Å². The molecule has 92 valence electrons. The van der Waals surface area contributed by atoms with Gasteiger partial charge in [-0.1, -0.05) is 22.0 Å². The normalized spacial score (nSPS) is 10.0. The van der Waals surface area contributed by atoms with Gasteiger partial charge in [0.05, 0.1) is 6.42 Å². The Bertz CT molecular complexity index is 432. The van der Waals surface area contributed by atoms with Crippen molar-refractivity contribution in [3.8, 4) is 0 Å². The maximum absolute atomic E-state index is 11.3. The fourth-order valence-electron chi connectivity index (χ4n) is 1.33. The van der Waals surface area contributed by atoms with Gasteiger partial charge in [0.2, 0.25) is 5.91 Å². The van der Waals surface area contributed by atoms with E-state index in [-0.39, 0.29) is 18.7 Å². The number of carboxylic acid groups (broad SMARTS) is 1. The largest absolute Gasteiger partial charge is 0.481 e. The standard InChI is InChI=1S/C12H14BrNO3/c1-8-2-3-10(13)6-9(8)7-14-11(15)4-5-12(16)17/h2-3,6H,4-5,7H2,1H3,(H,14,15)(H,16,17). The second-order valence-corrected chi connectivity index (χ2v) is 4.66. The number of aryl methyl sites for hydroxylation is 1. The predicted octanol–water partition coefficient (Wildman–Crippen LogP) is 2.24. The zero-order valence-corrected chi connectivity index (χ0v) is 11.1. The highest BCUT2D eigenvalue weighted by atomic mass is 79.9. The molecule has 5 heteroatoms. The monoisotopic (exact) mass is 299 g/mol. The third-order valence-corrected chi connectivity index (χ3v) is 2.85. The number of halogens is 1. The number of hydrogen-bond donors (Lipinski definition) is 2. The predicted molar refractivity (Wildman–Crippen MR) is 67.6 cm³/mol. The molecule has 0 spiro atoms. The van der Waals surface area contributed by atoms with E-state index < -0.39 is 5.97 Å². The van der Waals surface area contributed by atoms with E-state index in [0.717, 1.165) is 15.6 Å². The van der Waals surface area contributed by atoms with E-state index in [1.165, 1.54) is 0 Å². The average Bonchev–Trinajstić information content (AvgIpc) is 2.27. The SMILES string of the molecule is Cc1ccc(Br)cc1CNC(=O)CCC(=O)O. The summed E-state index contributed by atoms with van der Waals surface area (Å²) < 4.78 is 0.956. The van der Waals surface area contributed by atoms with Gasteiger partial charge in [-0.15, -0.1) is 0 Å². The summed E-state index contributed by atoms with van der Waals surface area (Å²) in [6.07, 6.45) is -0.119. The lowest BCUT2D eigenvalue weighted by Crippen LogP contribution is -2.23. The summed E-state index contributed by atoms with van der Waals surface area (Å²) in [5, 5.41) is 11.1. The highest BCUT2D eigenvalue weighted by Crippen LogP contribution is 2.15. The Morgan fingerprint density at radius 3 is 2.71 bits per heavy atom. The van der Waals surface area contributed by atoms with Gasteiger partial charge in [-0.25, -0.2) is 0 Å². The summed E-state index contributed by atoms with van der Waals surface area (Å²) in [5.74, 6) is -1.20. The first-order chi connectivity index (χ1) is 7.99. The van der Waals surface area contributed by atoms with Gasteiger partial charge in [-0.05, 0) is 30.2 Å². The maximum Gasteiger partial charge on any atom is 0.303 e. The van der Waals surface area contributed by atoms with Crippen LogP contribution in [0.2, 0.25) is 0 Å². The van der Waals surface area contributed by atoms with Crippen molar-refractivity contribution < 1.29 is 14.7 Å². The number of amides is 1. The van der Waals surface area contributed by atoms with Gasteiger partial charge in [-0.3, -0.25) is 9.59 Å². The minimum absolute atomic E-state index is 0.0163. The number of nitrogens with one attached hydrogen (secondary N) is 1. The fourth-order valence-corrected chi connectivity index (χ4v) is 1.74. The number of carbonyl (C=O) groups excluding carboxylic acids is 1. The molecule has 1 aromatic carbocycles. The van der Waals surface area contributed by atoms with E-state index >= 15 is 0 Å². The minimum atomic E-state index is -0.959. The van der Waals surface area contributed by atoms with Crippen LogP contribution in [-0.4, -0.2) is 17.0 Å². The number of carbonyl (C=O) groups is 2. The maximum atomic E-state index is 11.3. The summed E-state index contributed by atoms with van der Waals surface area (Å²) in [4.78, 5) is 21.6. The summed E-state index contributed by atoms with van der Waals surface area (Å²) in [6.45, 7) is 2.38. The van der Waals surface area contributed by atoms with E-state index in [2.05, 4.69) is 21.2 Å². The van der Waals surface area contributed by atoms with E-state index in [9.17, 15) is 9.59 Å². The van der Waals surface area contributed by atoms with Crippen LogP contribution in [0.15, 0.2) is 22.7 Å². The first-order valence-electron chi connectivity index (χ1n) is 5.22. The zero-order valence-electron chi connectivity index (χ0n) is 9.50. The van der Waals surface area contributed by atoms with E-state index in [1.807, 2.05) is 25.1 Å². The van der Waals surface area contributed by atoms with Crippen molar-refractivity contribution in [2.24, 2.45) is 0 Å². The van der Waals surface area contributed by atoms with E-state index in [0.29, 0.717) is 6.54 Å². The average molecular weight is 300 g/mol. The lowest BCUT2D eigenvalue weighted by molar-refractivity contribution is -0.138. The molecule has 0 radical (unpaired) electrons. The lowest BCUT2D eigenvalue weighted by atomic mass is 10.1. The topological polar surface area (TPSA) is 66.4 Å². The van der Waals surface area contributed by atoms with Crippen LogP contribution < -0.4 is 5.32 Å². The molecule has 0 aliphatic rings. The molecule has 4 nitrogen and oxygen atoms in total. The molecule has 0 atom stereocenters. The molecule has 1 aromatic rings. The molecule has 1 rings (SSSR count). The van der Waals surface area contributed by atoms with Gasteiger partial charge in [0.15, 0.2) is 0 Å². The van der Waals surface area contributed by atoms with Crippen LogP contribution in [0.1, 0.15) is 24.0 Å². The van der Waals surface area contributed by atoms with Gasteiger partial charge in [0.25, 0.3) is 0 Å². The number of rotatable bonds is 5. The van der Waals surface area contributed by atoms with Crippen molar-refractivity contribution in [1.82, 2.24) is 5.32 Å². The van der Waals surface area contributed by atoms with Crippen molar-refractivity contribution in [1.29, 1.82) is 0 Å². The van der Waals surface area contributed by atoms with Gasteiger partial charge < -0.3 is 10.4 Å². The first-order valence-corrected chi connectivity index (χ1v) is 6.02. The Balaban J connectivity index is 2.47. The molecule has 0 saturated carbocycles. The van der Waals surface area contributed by atoms with E-state index in [1.54, 1.807) is 0 Å². The van der Waals surface area contributed by atoms with Crippen LogP contribution in [0.5, 0.6) is 0 Å². The van der Waals surface area contributed by atoms with Crippen molar-refractivity contribution in [3.05, 3.63) is 33.8 Å². The van der Waals surface area contributed by atoms with Gasteiger partial charge >= 0.3 is 5.97 Å². The van der Waals surface area contributed by atoms with Crippen LogP contribution in [0.4, 0.5) is 0 Å². The lowest BCUT2D eigenvalue weighted by Gasteiger charge is -2.08. The van der Waals surface area contributed by atoms with Crippen LogP contribution in [0.25, 0.3) is 0 Å². The molecule has 2 N–H and O–H groups in total. The Labute approximate surface area is 108 Å². The Kier molecular flexibility index (Phi) is 5.15. The molecule has 0 fully saturated rings. The summed E-state index contributed by atoms with van der Waals surface area (Å²) in [7, 11) is 0. The fraction of sp³-hybridized carbons (Fsp3) is 0.333. The zero-order chi connectivity index (χ0) is 12.8. The van der Waals surface area contributed by atoms with Crippen molar-refractivity contribution in [3.63, 3.8) is 0 Å². The second-order valence-electron chi connectivity index (χ2n) is 3.74. The first kappa shape index (κ1) is 13.7. The van der Waals surface area contributed by atoms with Crippen LogP contribution in [0.3, 0.4) is 0 Å². The van der Waals surface area contributed by atoms with Crippen molar-refractivity contribution >= 4 is 27.8 Å². The molecular weight excluding hydrogens is 286 g/mol. The Morgan fingerprint density at radius 1 is 1.35 bits per heavy atom. The van der Waals surface area contributed by atoms with Gasteiger partial charge in [0, 0.05) is 17.4 Å². The van der Waals surface area contributed by atoms with Crippen LogP contribution in [0, 0.1) is 6.92 Å². The molecule has 17 heavy (non-hydrogen) atoms. The molecule has 1 amide bonds. The third kappa shape index (κ3) is 4.99. The minimum Gasteiger partial charge on any atom is -0.481 e. The highest BCUT2D eigenvalue weighted by Gasteiger charge is 2.06. The molecule has 0 unspecified atom stereocenters. The Morgan fingerprint density at radius 2 is 2.06 bits per heavy atom. The molecule has 0 bridgehead atoms. The van der Waals surface area contributed by atoms with Crippen molar-refractivity contribution in [2.45, 2.75) is 26.3 Å². The molecule has 0 aromatic heterocycles. The molecule has 0 aliphatic heterocycles. The number of benzene rings is 1. The van der Waals surface area contributed by atoms with Gasteiger partial charge in [0.1, 0.15) is 0 Å². The number of carboxylic acids is 1. The summed E-state index contributed by atoms with van der Waals surface area (Å²) in [5.41, 5.74) is 2.11. The molecule has 0 heterocycles. The van der Waals surface area contributed by atoms with Crippen molar-refractivity contribution in [2.75, 3.05) is 0 Å².